The van der Waals surface area contributed by atoms with Crippen LogP contribution in [0.25, 0.3) is 0 Å². The number of aliphatic imine (C=N–C) groups is 1. The first-order valence-electron chi connectivity index (χ1n) is 11.1. The van der Waals surface area contributed by atoms with Crippen molar-refractivity contribution in [3.05, 3.63) is 35.4 Å². The van der Waals surface area contributed by atoms with Gasteiger partial charge in [0.2, 0.25) is 0 Å². The van der Waals surface area contributed by atoms with Gasteiger partial charge in [0.15, 0.2) is 5.96 Å². The van der Waals surface area contributed by atoms with Crippen LogP contribution in [0.3, 0.4) is 0 Å². The molecule has 1 aliphatic heterocycles. The molecular formula is C23H41IN4O2. The minimum absolute atomic E-state index is 0. The van der Waals surface area contributed by atoms with E-state index >= 15 is 0 Å². The Morgan fingerprint density at radius 1 is 1.10 bits per heavy atom. The molecule has 1 saturated heterocycles. The lowest BCUT2D eigenvalue weighted by Gasteiger charge is -2.39. The molecule has 0 aromatic heterocycles. The van der Waals surface area contributed by atoms with Gasteiger partial charge in [-0.3, -0.25) is 9.89 Å². The van der Waals surface area contributed by atoms with Crippen LogP contribution in [0.4, 0.5) is 0 Å². The van der Waals surface area contributed by atoms with E-state index in [0.29, 0.717) is 18.6 Å². The van der Waals surface area contributed by atoms with Crippen LogP contribution < -0.4 is 10.6 Å². The lowest BCUT2D eigenvalue weighted by molar-refractivity contribution is 0.00272. The molecule has 6 nitrogen and oxygen atoms in total. The van der Waals surface area contributed by atoms with E-state index in [4.69, 9.17) is 9.47 Å². The summed E-state index contributed by atoms with van der Waals surface area (Å²) in [5.41, 5.74) is 2.47. The molecular weight excluding hydrogens is 491 g/mol. The van der Waals surface area contributed by atoms with Crippen molar-refractivity contribution in [2.45, 2.75) is 52.8 Å². The summed E-state index contributed by atoms with van der Waals surface area (Å²) in [6.07, 6.45) is 2.38. The fourth-order valence-electron chi connectivity index (χ4n) is 4.02. The summed E-state index contributed by atoms with van der Waals surface area (Å²) >= 11 is 0. The molecule has 7 heteroatoms. The van der Waals surface area contributed by atoms with Crippen molar-refractivity contribution in [2.24, 2.45) is 10.9 Å². The van der Waals surface area contributed by atoms with Crippen LogP contribution in [0.2, 0.25) is 0 Å². The predicted molar refractivity (Wildman–Crippen MR) is 136 cm³/mol. The molecule has 1 aromatic carbocycles. The molecule has 0 bridgehead atoms. The summed E-state index contributed by atoms with van der Waals surface area (Å²) in [6.45, 7) is 13.3. The van der Waals surface area contributed by atoms with Crippen molar-refractivity contribution in [3.63, 3.8) is 0 Å². The fourth-order valence-corrected chi connectivity index (χ4v) is 4.02. The first-order valence-corrected chi connectivity index (χ1v) is 11.1. The second-order valence-electron chi connectivity index (χ2n) is 7.50. The number of morpholine rings is 1. The van der Waals surface area contributed by atoms with Crippen LogP contribution in [0, 0.1) is 5.92 Å². The van der Waals surface area contributed by atoms with Gasteiger partial charge in [-0.2, -0.15) is 0 Å². The Hall–Kier alpha value is -0.900. The molecule has 2 rings (SSSR count). The highest BCUT2D eigenvalue weighted by Crippen LogP contribution is 2.19. The van der Waals surface area contributed by atoms with Crippen LogP contribution >= 0.6 is 24.0 Å². The first-order chi connectivity index (χ1) is 14.2. The highest BCUT2D eigenvalue weighted by molar-refractivity contribution is 14.0. The second-order valence-corrected chi connectivity index (χ2v) is 7.50. The van der Waals surface area contributed by atoms with Crippen LogP contribution in [0.5, 0.6) is 0 Å². The zero-order chi connectivity index (χ0) is 20.9. The van der Waals surface area contributed by atoms with E-state index in [9.17, 15) is 0 Å². The Bertz CT molecular complexity index is 605. The van der Waals surface area contributed by atoms with E-state index in [1.54, 1.807) is 0 Å². The van der Waals surface area contributed by atoms with Crippen molar-refractivity contribution >= 4 is 29.9 Å². The number of rotatable bonds is 11. The van der Waals surface area contributed by atoms with Crippen LogP contribution in [-0.2, 0) is 22.6 Å². The molecule has 2 N–H and O–H groups in total. The molecule has 0 radical (unpaired) electrons. The lowest BCUT2D eigenvalue weighted by Crippen LogP contribution is -2.53. The average molecular weight is 533 g/mol. The summed E-state index contributed by atoms with van der Waals surface area (Å²) < 4.78 is 11.2. The summed E-state index contributed by atoms with van der Waals surface area (Å²) in [4.78, 5) is 7.03. The number of hydrogen-bond donors (Lipinski definition) is 2. The second kappa shape index (κ2) is 15.8. The fraction of sp³-hybridized carbons (Fsp3) is 0.696. The summed E-state index contributed by atoms with van der Waals surface area (Å²) in [5.74, 6) is 1.52. The summed E-state index contributed by atoms with van der Waals surface area (Å²) in [6, 6.07) is 8.91. The summed E-state index contributed by atoms with van der Waals surface area (Å²) in [7, 11) is 1.84. The topological polar surface area (TPSA) is 58.1 Å². The Morgan fingerprint density at radius 3 is 2.37 bits per heavy atom. The van der Waals surface area contributed by atoms with Gasteiger partial charge in [0, 0.05) is 45.9 Å². The Balaban J connectivity index is 0.00000450. The molecule has 0 amide bonds. The zero-order valence-corrected chi connectivity index (χ0v) is 21.5. The van der Waals surface area contributed by atoms with Crippen LogP contribution in [0.15, 0.2) is 29.3 Å². The number of benzene rings is 1. The highest BCUT2D eigenvalue weighted by Gasteiger charge is 2.27. The van der Waals surface area contributed by atoms with E-state index in [2.05, 4.69) is 58.6 Å². The maximum absolute atomic E-state index is 5.60. The SMILES string of the molecule is CCOCc1ccccc1CNC(=NC)NCC(C(CC)CC)N1CCOCC1.I. The van der Waals surface area contributed by atoms with E-state index in [-0.39, 0.29) is 24.0 Å². The average Bonchev–Trinajstić information content (AvgIpc) is 2.78. The molecule has 1 fully saturated rings. The normalized spacial score (nSPS) is 16.2. The first kappa shape index (κ1) is 27.1. The molecule has 0 spiro atoms. The van der Waals surface area contributed by atoms with Crippen molar-refractivity contribution in [3.8, 4) is 0 Å². The molecule has 1 heterocycles. The van der Waals surface area contributed by atoms with Crippen LogP contribution in [0.1, 0.15) is 44.7 Å². The monoisotopic (exact) mass is 532 g/mol. The lowest BCUT2D eigenvalue weighted by atomic mass is 9.92. The van der Waals surface area contributed by atoms with Gasteiger partial charge in [0.1, 0.15) is 0 Å². The van der Waals surface area contributed by atoms with Gasteiger partial charge in [-0.25, -0.2) is 0 Å². The third kappa shape index (κ3) is 8.69. The summed E-state index contributed by atoms with van der Waals surface area (Å²) in [5, 5.41) is 7.05. The Morgan fingerprint density at radius 2 is 1.77 bits per heavy atom. The van der Waals surface area contributed by atoms with Crippen molar-refractivity contribution in [2.75, 3.05) is 46.5 Å². The van der Waals surface area contributed by atoms with Gasteiger partial charge in [0.05, 0.1) is 19.8 Å². The van der Waals surface area contributed by atoms with Crippen molar-refractivity contribution in [1.29, 1.82) is 0 Å². The van der Waals surface area contributed by atoms with Gasteiger partial charge in [0.25, 0.3) is 0 Å². The minimum Gasteiger partial charge on any atom is -0.379 e. The van der Waals surface area contributed by atoms with Gasteiger partial charge >= 0.3 is 0 Å². The number of nitrogens with one attached hydrogen (secondary N) is 2. The Kier molecular flexibility index (Phi) is 14.3. The van der Waals surface area contributed by atoms with E-state index in [1.165, 1.54) is 24.0 Å². The number of ether oxygens (including phenoxy) is 2. The third-order valence-electron chi connectivity index (χ3n) is 5.84. The molecule has 0 aliphatic carbocycles. The zero-order valence-electron chi connectivity index (χ0n) is 19.2. The number of halogens is 1. The number of nitrogens with zero attached hydrogens (tertiary/aromatic N) is 2. The van der Waals surface area contributed by atoms with Gasteiger partial charge in [-0.15, -0.1) is 24.0 Å². The van der Waals surface area contributed by atoms with Crippen LogP contribution in [-0.4, -0.2) is 63.4 Å². The molecule has 30 heavy (non-hydrogen) atoms. The minimum atomic E-state index is 0. The van der Waals surface area contributed by atoms with Gasteiger partial charge < -0.3 is 20.1 Å². The molecule has 1 aliphatic rings. The predicted octanol–water partition coefficient (Wildman–Crippen LogP) is 3.64. The standard InChI is InChI=1S/C23H40N4O2.HI/c1-5-19(6-2)22(27-12-14-29-15-13-27)17-26-23(24-4)25-16-20-10-8-9-11-21(20)18-28-7-3;/h8-11,19,22H,5-7,12-18H2,1-4H3,(H2,24,25,26);1H. The smallest absolute Gasteiger partial charge is 0.191 e. The number of guanidine groups is 1. The Labute approximate surface area is 200 Å². The quantitative estimate of drug-likeness (QED) is 0.259. The van der Waals surface area contributed by atoms with Crippen molar-refractivity contribution < 1.29 is 9.47 Å². The third-order valence-corrected chi connectivity index (χ3v) is 5.84. The number of hydrogen-bond acceptors (Lipinski definition) is 4. The van der Waals surface area contributed by atoms with E-state index in [1.807, 2.05) is 14.0 Å². The highest BCUT2D eigenvalue weighted by atomic mass is 127. The van der Waals surface area contributed by atoms with Crippen molar-refractivity contribution in [1.82, 2.24) is 15.5 Å². The van der Waals surface area contributed by atoms with Gasteiger partial charge in [-0.1, -0.05) is 51.0 Å². The molecule has 172 valence electrons. The van der Waals surface area contributed by atoms with E-state index in [0.717, 1.165) is 52.0 Å². The largest absolute Gasteiger partial charge is 0.379 e. The van der Waals surface area contributed by atoms with Gasteiger partial charge in [-0.05, 0) is 24.0 Å². The molecule has 1 unspecified atom stereocenters. The maximum Gasteiger partial charge on any atom is 0.191 e. The maximum atomic E-state index is 5.60. The molecule has 1 aromatic rings. The molecule has 0 saturated carbocycles. The molecule has 1 atom stereocenters. The van der Waals surface area contributed by atoms with E-state index < -0.39 is 0 Å².